The van der Waals surface area contributed by atoms with E-state index in [-0.39, 0.29) is 37.7 Å². The minimum absolute atomic E-state index is 0. The standard InChI is InChI=1S/C12H25.C5H11.C3H4O4.Ca/c1-3-5-7-9-11-12-10-8-6-4-2;1-3-5-4-2;4-2(5)1-3(6)7;/h1,3-12H2,2H3;1,3-5H2,2H3;1H2,(H,4,5)(H,6,7);/q2*-1;;+2. The van der Waals surface area contributed by atoms with Gasteiger partial charge in [0.1, 0.15) is 6.42 Å². The number of rotatable bonds is 13. The second-order valence-electron chi connectivity index (χ2n) is 5.85. The summed E-state index contributed by atoms with van der Waals surface area (Å²) in [6, 6.07) is 0. The molecule has 0 aromatic carbocycles. The molecule has 0 atom stereocenters. The Labute approximate surface area is 186 Å². The molecule has 4 nitrogen and oxygen atoms in total. The van der Waals surface area contributed by atoms with Crippen LogP contribution >= 0.6 is 0 Å². The monoisotopic (exact) mass is 384 g/mol. The Balaban J connectivity index is -0.000000145. The van der Waals surface area contributed by atoms with Crippen LogP contribution in [-0.2, 0) is 9.59 Å². The topological polar surface area (TPSA) is 74.6 Å². The molecule has 0 rings (SSSR count). The third kappa shape index (κ3) is 51.6. The van der Waals surface area contributed by atoms with Crippen LogP contribution in [-0.4, -0.2) is 59.9 Å². The number of carboxylic acids is 2. The molecule has 2 N–H and O–H groups in total. The fourth-order valence-corrected chi connectivity index (χ4v) is 1.87. The minimum Gasteiger partial charge on any atom is -0.481 e. The van der Waals surface area contributed by atoms with Gasteiger partial charge in [0.25, 0.3) is 0 Å². The zero-order chi connectivity index (χ0) is 19.1. The molecule has 0 aliphatic carbocycles. The van der Waals surface area contributed by atoms with Gasteiger partial charge in [-0.1, -0.05) is 84.5 Å². The quantitative estimate of drug-likeness (QED) is 0.179. The number of hydrogen-bond acceptors (Lipinski definition) is 2. The predicted octanol–water partition coefficient (Wildman–Crippen LogP) is 5.92. The van der Waals surface area contributed by atoms with Crippen molar-refractivity contribution < 1.29 is 19.8 Å². The summed E-state index contributed by atoms with van der Waals surface area (Å²) in [5, 5.41) is 15.4. The van der Waals surface area contributed by atoms with E-state index in [2.05, 4.69) is 27.7 Å². The Bertz CT molecular complexity index is 234. The third-order valence-corrected chi connectivity index (χ3v) is 3.26. The SMILES string of the molecule is O=C(O)CC(=O)O.[CH2-]CCCC.[CH2-]CCCCCCCCCCC.[Ca+2]. The van der Waals surface area contributed by atoms with E-state index in [0.29, 0.717) is 0 Å². The molecular weight excluding hydrogens is 344 g/mol. The summed E-state index contributed by atoms with van der Waals surface area (Å²) in [4.78, 5) is 18.9. The molecule has 0 saturated carbocycles. The zero-order valence-corrected chi connectivity index (χ0v) is 18.9. The zero-order valence-electron chi connectivity index (χ0n) is 16.7. The molecule has 146 valence electrons. The first kappa shape index (κ1) is 32.8. The van der Waals surface area contributed by atoms with Crippen LogP contribution in [0.1, 0.15) is 104 Å². The summed E-state index contributed by atoms with van der Waals surface area (Å²) in [7, 11) is 0. The van der Waals surface area contributed by atoms with Gasteiger partial charge in [-0.25, -0.2) is 0 Å². The van der Waals surface area contributed by atoms with Crippen molar-refractivity contribution in [2.45, 2.75) is 104 Å². The summed E-state index contributed by atoms with van der Waals surface area (Å²) in [6.45, 7) is 12.0. The maximum atomic E-state index is 9.43. The largest absolute Gasteiger partial charge is 2.00 e. The van der Waals surface area contributed by atoms with Gasteiger partial charge in [-0.05, 0) is 0 Å². The summed E-state index contributed by atoms with van der Waals surface area (Å²) >= 11 is 0. The van der Waals surface area contributed by atoms with Gasteiger partial charge in [0.15, 0.2) is 0 Å². The van der Waals surface area contributed by atoms with E-state index in [1.807, 2.05) is 0 Å². The normalized spacial score (nSPS) is 8.96. The van der Waals surface area contributed by atoms with Crippen molar-refractivity contribution in [3.63, 3.8) is 0 Å². The molecule has 0 aliphatic heterocycles. The van der Waals surface area contributed by atoms with E-state index in [1.54, 1.807) is 0 Å². The Morgan fingerprint density at radius 2 is 0.960 bits per heavy atom. The number of aliphatic carboxylic acids is 2. The Morgan fingerprint density at radius 3 is 1.16 bits per heavy atom. The second-order valence-corrected chi connectivity index (χ2v) is 5.85. The van der Waals surface area contributed by atoms with Crippen LogP contribution in [0.4, 0.5) is 0 Å². The first-order valence-corrected chi connectivity index (χ1v) is 9.48. The van der Waals surface area contributed by atoms with Crippen molar-refractivity contribution in [1.29, 1.82) is 0 Å². The maximum absolute atomic E-state index is 9.43. The van der Waals surface area contributed by atoms with Crippen LogP contribution in [0.15, 0.2) is 0 Å². The van der Waals surface area contributed by atoms with Crippen LogP contribution in [0.3, 0.4) is 0 Å². The fourth-order valence-electron chi connectivity index (χ4n) is 1.87. The third-order valence-electron chi connectivity index (χ3n) is 3.26. The first-order valence-electron chi connectivity index (χ1n) is 9.48. The molecule has 0 radical (unpaired) electrons. The van der Waals surface area contributed by atoms with Crippen molar-refractivity contribution in [2.75, 3.05) is 0 Å². The number of hydrogen-bond donors (Lipinski definition) is 2. The number of unbranched alkanes of at least 4 members (excludes halogenated alkanes) is 11. The second kappa shape index (κ2) is 31.9. The summed E-state index contributed by atoms with van der Waals surface area (Å²) in [6.07, 6.45) is 16.7. The van der Waals surface area contributed by atoms with E-state index >= 15 is 0 Å². The van der Waals surface area contributed by atoms with Gasteiger partial charge in [-0.15, -0.1) is 0 Å². The summed E-state index contributed by atoms with van der Waals surface area (Å²) < 4.78 is 0. The van der Waals surface area contributed by atoms with Crippen LogP contribution < -0.4 is 0 Å². The molecule has 25 heavy (non-hydrogen) atoms. The van der Waals surface area contributed by atoms with Gasteiger partial charge in [-0.2, -0.15) is 12.8 Å². The smallest absolute Gasteiger partial charge is 0.481 e. The Morgan fingerprint density at radius 1 is 0.640 bits per heavy atom. The molecule has 0 heterocycles. The van der Waals surface area contributed by atoms with E-state index in [9.17, 15) is 9.59 Å². The van der Waals surface area contributed by atoms with Crippen molar-refractivity contribution in [3.05, 3.63) is 13.8 Å². The van der Waals surface area contributed by atoms with Gasteiger partial charge in [0, 0.05) is 0 Å². The van der Waals surface area contributed by atoms with Crippen LogP contribution in [0.25, 0.3) is 0 Å². The Kier molecular flexibility index (Phi) is 41.9. The number of carbonyl (C=O) groups is 2. The van der Waals surface area contributed by atoms with E-state index in [0.717, 1.165) is 12.8 Å². The van der Waals surface area contributed by atoms with Crippen molar-refractivity contribution in [3.8, 4) is 0 Å². The van der Waals surface area contributed by atoms with Crippen molar-refractivity contribution in [2.24, 2.45) is 0 Å². The average Bonchev–Trinajstić information content (AvgIpc) is 2.51. The Hall–Kier alpha value is 0.200. The molecule has 0 aliphatic rings. The molecule has 0 bridgehead atoms. The molecule has 0 spiro atoms. The van der Waals surface area contributed by atoms with Gasteiger partial charge < -0.3 is 24.1 Å². The molecular formula is C20H40CaO4. The van der Waals surface area contributed by atoms with Crippen LogP contribution in [0.5, 0.6) is 0 Å². The van der Waals surface area contributed by atoms with Gasteiger partial charge >= 0.3 is 49.7 Å². The van der Waals surface area contributed by atoms with Crippen molar-refractivity contribution in [1.82, 2.24) is 0 Å². The minimum atomic E-state index is -1.31. The van der Waals surface area contributed by atoms with E-state index in [1.165, 1.54) is 70.6 Å². The average molecular weight is 385 g/mol. The molecule has 0 aromatic heterocycles. The molecule has 0 aromatic rings. The van der Waals surface area contributed by atoms with Crippen molar-refractivity contribution >= 4 is 49.7 Å². The maximum Gasteiger partial charge on any atom is 2.00 e. The number of carboxylic acid groups (broad SMARTS) is 2. The molecule has 0 fully saturated rings. The van der Waals surface area contributed by atoms with Gasteiger partial charge in [0.2, 0.25) is 0 Å². The van der Waals surface area contributed by atoms with E-state index in [4.69, 9.17) is 10.2 Å². The summed E-state index contributed by atoms with van der Waals surface area (Å²) in [5.74, 6) is -2.62. The first-order chi connectivity index (χ1) is 11.5. The molecule has 0 unspecified atom stereocenters. The summed E-state index contributed by atoms with van der Waals surface area (Å²) in [5.41, 5.74) is 0. The van der Waals surface area contributed by atoms with Gasteiger partial charge in [-0.3, -0.25) is 9.59 Å². The van der Waals surface area contributed by atoms with Gasteiger partial charge in [0.05, 0.1) is 0 Å². The predicted molar refractivity (Wildman–Crippen MR) is 108 cm³/mol. The molecule has 0 saturated heterocycles. The molecule has 0 amide bonds. The van der Waals surface area contributed by atoms with Crippen LogP contribution in [0, 0.1) is 13.8 Å². The molecule has 5 heteroatoms. The fraction of sp³-hybridized carbons (Fsp3) is 0.800. The van der Waals surface area contributed by atoms with E-state index < -0.39 is 18.4 Å². The van der Waals surface area contributed by atoms with Crippen LogP contribution in [0.2, 0.25) is 0 Å².